The lowest BCUT2D eigenvalue weighted by Crippen LogP contribution is -2.13. The molecule has 2 N–H and O–H groups in total. The molecule has 1 aliphatic heterocycles. The van der Waals surface area contributed by atoms with E-state index >= 15 is 0 Å². The van der Waals surface area contributed by atoms with Crippen molar-refractivity contribution >= 4 is 16.7 Å². The Balaban J connectivity index is 1.87. The molecule has 0 saturated heterocycles. The Kier molecular flexibility index (Phi) is 2.67. The van der Waals surface area contributed by atoms with Crippen LogP contribution in [0.5, 0.6) is 0 Å². The fourth-order valence-electron chi connectivity index (χ4n) is 3.37. The van der Waals surface area contributed by atoms with Crippen LogP contribution < -0.4 is 5.32 Å². The van der Waals surface area contributed by atoms with Crippen molar-refractivity contribution in [2.45, 2.75) is 6.04 Å². The van der Waals surface area contributed by atoms with Gasteiger partial charge in [0.2, 0.25) is 5.95 Å². The van der Waals surface area contributed by atoms with Gasteiger partial charge in [-0.1, -0.05) is 24.3 Å². The Morgan fingerprint density at radius 3 is 2.83 bits per heavy atom. The minimum absolute atomic E-state index is 0.362. The molecule has 3 aromatic heterocycles. The molecule has 1 aromatic carbocycles. The van der Waals surface area contributed by atoms with E-state index in [9.17, 15) is 4.39 Å². The van der Waals surface area contributed by atoms with Gasteiger partial charge in [-0.2, -0.15) is 9.49 Å². The molecular weight excluding hydrogens is 305 g/mol. The normalized spacial score (nSPS) is 15.6. The molecule has 0 radical (unpaired) electrons. The summed E-state index contributed by atoms with van der Waals surface area (Å²) in [7, 11) is 0. The van der Waals surface area contributed by atoms with Gasteiger partial charge in [-0.3, -0.25) is 0 Å². The summed E-state index contributed by atoms with van der Waals surface area (Å²) in [5, 5.41) is 12.7. The molecule has 0 fully saturated rings. The maximum absolute atomic E-state index is 14.4. The molecule has 0 spiro atoms. The second-order valence-electron chi connectivity index (χ2n) is 5.73. The predicted octanol–water partition coefficient (Wildman–Crippen LogP) is 3.67. The quantitative estimate of drug-likeness (QED) is 0.526. The second-order valence-corrected chi connectivity index (χ2v) is 5.73. The smallest absolute Gasteiger partial charge is 0.218 e. The third-order valence-corrected chi connectivity index (χ3v) is 4.43. The summed E-state index contributed by atoms with van der Waals surface area (Å²) >= 11 is 0. The number of nitrogens with one attached hydrogen (secondary N) is 2. The summed E-state index contributed by atoms with van der Waals surface area (Å²) in [6.45, 7) is 0. The highest BCUT2D eigenvalue weighted by Gasteiger charge is 2.28. The number of aromatic nitrogens is 4. The Bertz CT molecular complexity index is 1070. The number of halogens is 1. The first-order valence-corrected chi connectivity index (χ1v) is 7.62. The summed E-state index contributed by atoms with van der Waals surface area (Å²) in [5.41, 5.74) is 5.04. The zero-order valence-corrected chi connectivity index (χ0v) is 12.5. The predicted molar refractivity (Wildman–Crippen MR) is 89.0 cm³/mol. The topological polar surface area (TPSA) is 66.5 Å². The second kappa shape index (κ2) is 4.86. The van der Waals surface area contributed by atoms with Crippen molar-refractivity contribution in [3.05, 3.63) is 72.1 Å². The fourth-order valence-corrected chi connectivity index (χ4v) is 3.37. The van der Waals surface area contributed by atoms with Crippen molar-refractivity contribution in [2.24, 2.45) is 0 Å². The average molecular weight is 317 g/mol. The van der Waals surface area contributed by atoms with Gasteiger partial charge in [0.1, 0.15) is 0 Å². The molecule has 5 rings (SSSR count). The van der Waals surface area contributed by atoms with Gasteiger partial charge >= 0.3 is 0 Å². The first kappa shape index (κ1) is 13.2. The largest absolute Gasteiger partial charge is 0.373 e. The lowest BCUT2D eigenvalue weighted by atomic mass is 9.98. The zero-order valence-electron chi connectivity index (χ0n) is 12.5. The average Bonchev–Trinajstić information content (AvgIpc) is 2.98. The van der Waals surface area contributed by atoms with Gasteiger partial charge in [-0.15, -0.1) is 5.10 Å². The first-order valence-electron chi connectivity index (χ1n) is 7.62. The Morgan fingerprint density at radius 1 is 1.00 bits per heavy atom. The van der Waals surface area contributed by atoms with E-state index in [-0.39, 0.29) is 6.04 Å². The number of fused-ring (bicyclic) bond motifs is 2. The van der Waals surface area contributed by atoms with Crippen LogP contribution in [0.3, 0.4) is 0 Å². The number of aromatic amines is 1. The molecule has 1 atom stereocenters. The van der Waals surface area contributed by atoms with Crippen LogP contribution >= 0.6 is 0 Å². The molecule has 1 unspecified atom stereocenters. The minimum atomic E-state index is -0.479. The van der Waals surface area contributed by atoms with Gasteiger partial charge in [-0.05, 0) is 12.1 Å². The Hall–Kier alpha value is -3.28. The van der Waals surface area contributed by atoms with E-state index in [2.05, 4.69) is 25.5 Å². The van der Waals surface area contributed by atoms with Crippen LogP contribution in [0.1, 0.15) is 17.2 Å². The number of pyridine rings is 1. The number of anilines is 1. The lowest BCUT2D eigenvalue weighted by molar-refractivity contribution is 0.562. The molecule has 5 nitrogen and oxygen atoms in total. The van der Waals surface area contributed by atoms with Gasteiger partial charge in [0.15, 0.2) is 5.65 Å². The van der Waals surface area contributed by atoms with Gasteiger partial charge in [0, 0.05) is 45.7 Å². The summed E-state index contributed by atoms with van der Waals surface area (Å²) in [6.07, 6.45) is 5.07. The van der Waals surface area contributed by atoms with E-state index in [0.717, 1.165) is 27.8 Å². The fraction of sp³-hybridized carbons (Fsp3) is 0.0556. The van der Waals surface area contributed by atoms with E-state index in [1.54, 1.807) is 18.3 Å². The number of para-hydroxylation sites is 1. The highest BCUT2D eigenvalue weighted by molar-refractivity contribution is 6.00. The minimum Gasteiger partial charge on any atom is -0.373 e. The molecule has 1 aliphatic rings. The molecule has 0 bridgehead atoms. The van der Waals surface area contributed by atoms with Crippen LogP contribution in [0.15, 0.2) is 55.0 Å². The molecule has 116 valence electrons. The van der Waals surface area contributed by atoms with E-state index in [1.165, 1.54) is 6.20 Å². The molecule has 24 heavy (non-hydrogen) atoms. The van der Waals surface area contributed by atoms with Crippen molar-refractivity contribution in [1.29, 1.82) is 0 Å². The van der Waals surface area contributed by atoms with Crippen LogP contribution in [-0.2, 0) is 0 Å². The van der Waals surface area contributed by atoms with E-state index in [0.29, 0.717) is 11.2 Å². The lowest BCUT2D eigenvalue weighted by Gasteiger charge is -2.19. The molecular formula is C18H12FN5. The molecule has 4 aromatic rings. The van der Waals surface area contributed by atoms with Crippen LogP contribution in [0.2, 0.25) is 0 Å². The number of H-pyrrole nitrogens is 1. The Labute approximate surface area is 136 Å². The van der Waals surface area contributed by atoms with Crippen LogP contribution in [0.25, 0.3) is 22.2 Å². The van der Waals surface area contributed by atoms with Gasteiger partial charge < -0.3 is 10.3 Å². The maximum atomic E-state index is 14.4. The van der Waals surface area contributed by atoms with Crippen LogP contribution in [0, 0.1) is 5.95 Å². The molecule has 6 heteroatoms. The third-order valence-electron chi connectivity index (χ3n) is 4.43. The van der Waals surface area contributed by atoms with Crippen LogP contribution in [0.4, 0.5) is 10.1 Å². The number of hydrogen-bond acceptors (Lipinski definition) is 4. The summed E-state index contributed by atoms with van der Waals surface area (Å²) in [5.74, 6) is -0.479. The molecule has 0 saturated carbocycles. The summed E-state index contributed by atoms with van der Waals surface area (Å²) in [4.78, 5) is 6.94. The van der Waals surface area contributed by atoms with Gasteiger partial charge in [0.25, 0.3) is 0 Å². The van der Waals surface area contributed by atoms with Crippen molar-refractivity contribution in [3.8, 4) is 11.1 Å². The molecule has 0 aliphatic carbocycles. The number of nitrogens with zero attached hydrogens (tertiary/aromatic N) is 3. The monoisotopic (exact) mass is 317 g/mol. The van der Waals surface area contributed by atoms with Gasteiger partial charge in [-0.25, -0.2) is 4.98 Å². The number of rotatable bonds is 1. The number of benzene rings is 1. The summed E-state index contributed by atoms with van der Waals surface area (Å²) in [6, 6.07) is 11.1. The van der Waals surface area contributed by atoms with Crippen molar-refractivity contribution in [2.75, 3.05) is 5.32 Å². The highest BCUT2D eigenvalue weighted by Crippen LogP contribution is 2.43. The van der Waals surface area contributed by atoms with Crippen molar-refractivity contribution < 1.29 is 4.39 Å². The standard InChI is InChI=1S/C18H12FN5/c19-17-11(5-3-7-20-17)16-13-8-21-18-15(13)12(9-22-24-18)10-4-1-2-6-14(10)23-16/h1-9,16,23H,(H,21,24). The first-order chi connectivity index (χ1) is 11.8. The molecule has 0 amide bonds. The SMILES string of the molecule is Fc1ncccc1C1Nc2ccccc2-c2cnnc3[nH]cc1c23. The summed E-state index contributed by atoms with van der Waals surface area (Å²) < 4.78 is 14.4. The third kappa shape index (κ3) is 1.76. The van der Waals surface area contributed by atoms with Crippen LogP contribution in [-0.4, -0.2) is 20.2 Å². The maximum Gasteiger partial charge on any atom is 0.218 e. The number of hydrogen-bond donors (Lipinski definition) is 2. The van der Waals surface area contributed by atoms with Crippen molar-refractivity contribution in [3.63, 3.8) is 0 Å². The van der Waals surface area contributed by atoms with Gasteiger partial charge in [0.05, 0.1) is 12.2 Å². The zero-order chi connectivity index (χ0) is 16.1. The Morgan fingerprint density at radius 2 is 1.92 bits per heavy atom. The van der Waals surface area contributed by atoms with E-state index in [1.807, 2.05) is 30.5 Å². The van der Waals surface area contributed by atoms with E-state index < -0.39 is 5.95 Å². The van der Waals surface area contributed by atoms with E-state index in [4.69, 9.17) is 0 Å². The van der Waals surface area contributed by atoms with Crippen molar-refractivity contribution in [1.82, 2.24) is 20.2 Å². The molecule has 4 heterocycles. The highest BCUT2D eigenvalue weighted by atomic mass is 19.1.